The van der Waals surface area contributed by atoms with Crippen LogP contribution in [-0.4, -0.2) is 38.0 Å². The zero-order valence-electron chi connectivity index (χ0n) is 13.9. The molecule has 0 atom stereocenters. The van der Waals surface area contributed by atoms with Crippen LogP contribution in [0.25, 0.3) is 0 Å². The molecule has 1 heterocycles. The molecule has 0 spiro atoms. The van der Waals surface area contributed by atoms with Crippen LogP contribution in [0.1, 0.15) is 20.3 Å². The van der Waals surface area contributed by atoms with Crippen molar-refractivity contribution >= 4 is 14.9 Å². The highest BCUT2D eigenvalue weighted by atomic mass is 32.2. The summed E-state index contributed by atoms with van der Waals surface area (Å²) in [5.74, 6) is -13.4. The Hall–Kier alpha value is -2.18. The normalized spacial score (nSPS) is 16.3. The number of ether oxygens (including phenoxy) is 2. The number of sulfone groups is 1. The van der Waals surface area contributed by atoms with Crippen LogP contribution in [0, 0.1) is 23.3 Å². The van der Waals surface area contributed by atoms with Gasteiger partial charge in [-0.2, -0.15) is 17.6 Å². The summed E-state index contributed by atoms with van der Waals surface area (Å²) in [4.78, 5) is 4.85. The number of oxime groups is 1. The number of benzene rings is 1. The molecule has 13 heteroatoms. The van der Waals surface area contributed by atoms with Gasteiger partial charge in [0.15, 0.2) is 22.5 Å². The molecule has 1 aromatic carbocycles. The lowest BCUT2D eigenvalue weighted by Crippen LogP contribution is -2.26. The minimum Gasteiger partial charge on any atom is -0.481 e. The topological polar surface area (TPSA) is 74.2 Å². The maximum absolute atomic E-state index is 13.9. The largest absolute Gasteiger partial charge is 0.481 e. The van der Waals surface area contributed by atoms with Crippen molar-refractivity contribution < 1.29 is 49.1 Å². The first kappa shape index (κ1) is 21.1. The van der Waals surface area contributed by atoms with Gasteiger partial charge < -0.3 is 14.3 Å². The van der Waals surface area contributed by atoms with Crippen molar-refractivity contribution in [2.45, 2.75) is 32.3 Å². The first-order chi connectivity index (χ1) is 12.4. The summed E-state index contributed by atoms with van der Waals surface area (Å²) in [5.41, 5.74) is -0.930. The fraction of sp³-hybridized carbons (Fsp3) is 0.500. The smallest absolute Gasteiger partial charge is 0.272 e. The minimum atomic E-state index is -4.33. The Kier molecular flexibility index (Phi) is 5.82. The van der Waals surface area contributed by atoms with Gasteiger partial charge in [0, 0.05) is 6.42 Å². The molecule has 2 rings (SSSR count). The van der Waals surface area contributed by atoms with Crippen molar-refractivity contribution in [2.75, 3.05) is 12.5 Å². The number of alkyl halides is 2. The predicted molar refractivity (Wildman–Crippen MR) is 79.4 cm³/mol. The Morgan fingerprint density at radius 3 is 1.93 bits per heavy atom. The van der Waals surface area contributed by atoms with Crippen molar-refractivity contribution in [3.05, 3.63) is 23.3 Å². The highest BCUT2D eigenvalue weighted by molar-refractivity contribution is 8.06. The SMILES string of the molecule is CC1(C)CC(S(=O)(=O)COc2c(F)c(F)c(OCC(F)F)c(F)c2F)=NO1. The molecule has 0 saturated heterocycles. The Balaban J connectivity index is 2.25. The Bertz CT molecular complexity index is 842. The molecule has 0 aromatic heterocycles. The van der Waals surface area contributed by atoms with Gasteiger partial charge in [-0.15, -0.1) is 0 Å². The van der Waals surface area contributed by atoms with Gasteiger partial charge in [0.1, 0.15) is 12.2 Å². The Morgan fingerprint density at radius 1 is 1.04 bits per heavy atom. The maximum atomic E-state index is 13.9. The number of hydrogen-bond acceptors (Lipinski definition) is 6. The summed E-state index contributed by atoms with van der Waals surface area (Å²) in [6.45, 7) is 1.54. The molecule has 0 saturated carbocycles. The molecular weight excluding hydrogens is 408 g/mol. The average molecular weight is 421 g/mol. The van der Waals surface area contributed by atoms with Gasteiger partial charge in [0.05, 0.1) is 0 Å². The van der Waals surface area contributed by atoms with Crippen LogP contribution in [0.2, 0.25) is 0 Å². The molecule has 1 aromatic rings. The average Bonchev–Trinajstić information content (AvgIpc) is 2.93. The number of hydrogen-bond donors (Lipinski definition) is 0. The lowest BCUT2D eigenvalue weighted by atomic mass is 10.1. The Labute approximate surface area is 149 Å². The van der Waals surface area contributed by atoms with Crippen LogP contribution in [0.3, 0.4) is 0 Å². The fourth-order valence-electron chi connectivity index (χ4n) is 1.97. The van der Waals surface area contributed by atoms with Gasteiger partial charge in [0.25, 0.3) is 6.43 Å². The summed E-state index contributed by atoms with van der Waals surface area (Å²) in [6.07, 6.45) is -3.32. The summed E-state index contributed by atoms with van der Waals surface area (Å²) in [6, 6.07) is 0. The minimum absolute atomic E-state index is 0.160. The van der Waals surface area contributed by atoms with Crippen LogP contribution in [0.15, 0.2) is 5.16 Å². The van der Waals surface area contributed by atoms with E-state index in [1.807, 2.05) is 0 Å². The third-order valence-electron chi connectivity index (χ3n) is 3.23. The van der Waals surface area contributed by atoms with Crippen LogP contribution >= 0.6 is 0 Å². The van der Waals surface area contributed by atoms with E-state index in [0.29, 0.717) is 0 Å². The molecule has 0 unspecified atom stereocenters. The van der Waals surface area contributed by atoms with Gasteiger partial charge in [-0.25, -0.2) is 17.2 Å². The molecule has 152 valence electrons. The first-order valence-electron chi connectivity index (χ1n) is 7.23. The van der Waals surface area contributed by atoms with E-state index in [1.54, 1.807) is 0 Å². The quantitative estimate of drug-likeness (QED) is 0.521. The molecule has 0 fully saturated rings. The number of halogens is 6. The van der Waals surface area contributed by atoms with Gasteiger partial charge in [-0.05, 0) is 13.8 Å². The summed E-state index contributed by atoms with van der Waals surface area (Å²) in [7, 11) is -4.33. The lowest BCUT2D eigenvalue weighted by Gasteiger charge is -2.14. The van der Waals surface area contributed by atoms with E-state index < -0.39 is 74.2 Å². The third kappa shape index (κ3) is 4.57. The molecule has 0 N–H and O–H groups in total. The van der Waals surface area contributed by atoms with E-state index >= 15 is 0 Å². The molecule has 0 amide bonds. The first-order valence-corrected chi connectivity index (χ1v) is 8.88. The highest BCUT2D eigenvalue weighted by Gasteiger charge is 2.37. The van der Waals surface area contributed by atoms with Crippen LogP contribution in [0.4, 0.5) is 26.3 Å². The molecule has 1 aliphatic heterocycles. The van der Waals surface area contributed by atoms with Crippen LogP contribution in [0.5, 0.6) is 11.5 Å². The molecule has 6 nitrogen and oxygen atoms in total. The van der Waals surface area contributed by atoms with Crippen molar-refractivity contribution in [2.24, 2.45) is 5.16 Å². The fourth-order valence-corrected chi connectivity index (χ4v) is 3.09. The molecule has 0 aliphatic carbocycles. The van der Waals surface area contributed by atoms with Crippen molar-refractivity contribution in [3.8, 4) is 11.5 Å². The van der Waals surface area contributed by atoms with E-state index in [2.05, 4.69) is 14.6 Å². The third-order valence-corrected chi connectivity index (χ3v) is 4.59. The van der Waals surface area contributed by atoms with Gasteiger partial charge in [-0.3, -0.25) is 0 Å². The van der Waals surface area contributed by atoms with Crippen molar-refractivity contribution in [1.29, 1.82) is 0 Å². The van der Waals surface area contributed by atoms with E-state index in [0.717, 1.165) is 0 Å². The number of nitrogens with zero attached hydrogens (tertiary/aromatic N) is 1. The molecular formula is C14H13F6NO5S. The summed E-state index contributed by atoms with van der Waals surface area (Å²) >= 11 is 0. The van der Waals surface area contributed by atoms with E-state index in [9.17, 15) is 34.8 Å². The second-order valence-electron chi connectivity index (χ2n) is 6.01. The van der Waals surface area contributed by atoms with E-state index in [-0.39, 0.29) is 6.42 Å². The molecule has 0 radical (unpaired) electrons. The van der Waals surface area contributed by atoms with E-state index in [1.165, 1.54) is 13.8 Å². The molecule has 0 bridgehead atoms. The zero-order valence-corrected chi connectivity index (χ0v) is 14.7. The molecule has 1 aliphatic rings. The molecule has 27 heavy (non-hydrogen) atoms. The second kappa shape index (κ2) is 7.44. The standard InChI is InChI=1S/C14H13F6NO5S/c1-14(2)3-7(21-26-14)27(22,23)5-25-13-10(19)8(17)12(9(18)11(13)20)24-4-6(15)16/h6H,3-5H2,1-2H3. The summed E-state index contributed by atoms with van der Waals surface area (Å²) < 4.78 is 112. The monoisotopic (exact) mass is 421 g/mol. The van der Waals surface area contributed by atoms with Gasteiger partial charge in [0.2, 0.25) is 33.1 Å². The Morgan fingerprint density at radius 2 is 1.52 bits per heavy atom. The highest BCUT2D eigenvalue weighted by Crippen LogP contribution is 2.35. The van der Waals surface area contributed by atoms with E-state index in [4.69, 9.17) is 4.84 Å². The zero-order chi connectivity index (χ0) is 20.6. The van der Waals surface area contributed by atoms with Crippen molar-refractivity contribution in [1.82, 2.24) is 0 Å². The second-order valence-corrected chi connectivity index (χ2v) is 7.94. The summed E-state index contributed by atoms with van der Waals surface area (Å²) in [5, 5.41) is 2.85. The maximum Gasteiger partial charge on any atom is 0.272 e. The van der Waals surface area contributed by atoms with Crippen LogP contribution < -0.4 is 9.47 Å². The van der Waals surface area contributed by atoms with Crippen LogP contribution in [-0.2, 0) is 14.7 Å². The predicted octanol–water partition coefficient (Wildman–Crippen LogP) is 3.15. The lowest BCUT2D eigenvalue weighted by molar-refractivity contribution is 0.0123. The van der Waals surface area contributed by atoms with Gasteiger partial charge in [-0.1, -0.05) is 5.16 Å². The van der Waals surface area contributed by atoms with Gasteiger partial charge >= 0.3 is 0 Å². The number of rotatable bonds is 6. The van der Waals surface area contributed by atoms with Crippen molar-refractivity contribution in [3.63, 3.8) is 0 Å².